The summed E-state index contributed by atoms with van der Waals surface area (Å²) < 4.78 is 23.5. The van der Waals surface area contributed by atoms with Crippen LogP contribution in [0.3, 0.4) is 0 Å². The van der Waals surface area contributed by atoms with E-state index < -0.39 is 0 Å². The molecule has 0 aromatic rings. The lowest BCUT2D eigenvalue weighted by molar-refractivity contribution is -0.188. The van der Waals surface area contributed by atoms with Crippen molar-refractivity contribution in [2.24, 2.45) is 17.3 Å². The van der Waals surface area contributed by atoms with Crippen LogP contribution in [0.5, 0.6) is 0 Å². The topological polar surface area (TPSA) is 40.2 Å². The first-order chi connectivity index (χ1) is 11.6. The highest BCUT2D eigenvalue weighted by Gasteiger charge is 2.42. The number of nitrogens with zero attached hydrogens (tertiary/aromatic N) is 1. The molecule has 2 aliphatic heterocycles. The third kappa shape index (κ3) is 7.92. The van der Waals surface area contributed by atoms with Gasteiger partial charge in [-0.05, 0) is 26.2 Å². The van der Waals surface area contributed by atoms with Crippen molar-refractivity contribution >= 4 is 0 Å². The number of rotatable bonds is 8. The predicted molar refractivity (Wildman–Crippen MR) is 100.0 cm³/mol. The van der Waals surface area contributed by atoms with Gasteiger partial charge in [-0.2, -0.15) is 0 Å². The Balaban J connectivity index is 1.63. The second-order valence-corrected chi connectivity index (χ2v) is 9.74. The maximum Gasteiger partial charge on any atom is 0.0707 e. The maximum absolute atomic E-state index is 6.34. The minimum atomic E-state index is -0.0865. The Hall–Kier alpha value is -0.200. The van der Waals surface area contributed by atoms with Crippen molar-refractivity contribution < 1.29 is 18.9 Å². The van der Waals surface area contributed by atoms with Crippen LogP contribution in [0, 0.1) is 17.3 Å². The van der Waals surface area contributed by atoms with Crippen molar-refractivity contribution in [3.05, 3.63) is 0 Å². The van der Waals surface area contributed by atoms with Crippen molar-refractivity contribution in [2.75, 3.05) is 59.3 Å². The third-order valence-corrected chi connectivity index (χ3v) is 4.53. The van der Waals surface area contributed by atoms with Crippen molar-refractivity contribution in [2.45, 2.75) is 53.2 Å². The Morgan fingerprint density at radius 2 is 1.48 bits per heavy atom. The number of piperidine rings is 1. The van der Waals surface area contributed by atoms with Gasteiger partial charge < -0.3 is 23.8 Å². The molecule has 2 saturated heterocycles. The lowest BCUT2D eigenvalue weighted by Gasteiger charge is -2.48. The summed E-state index contributed by atoms with van der Waals surface area (Å²) >= 11 is 0. The normalized spacial score (nSPS) is 28.3. The van der Waals surface area contributed by atoms with Gasteiger partial charge in [-0.15, -0.1) is 0 Å². The first kappa shape index (κ1) is 21.1. The van der Waals surface area contributed by atoms with Gasteiger partial charge in [0.05, 0.1) is 51.3 Å². The molecular weight excluding hydrogens is 318 g/mol. The van der Waals surface area contributed by atoms with E-state index in [2.05, 4.69) is 46.4 Å². The van der Waals surface area contributed by atoms with Crippen LogP contribution in [0.15, 0.2) is 0 Å². The van der Waals surface area contributed by atoms with E-state index in [0.717, 1.165) is 46.1 Å². The Bertz CT molecular complexity index is 374. The molecule has 2 atom stereocenters. The van der Waals surface area contributed by atoms with Gasteiger partial charge in [-0.25, -0.2) is 0 Å². The van der Waals surface area contributed by atoms with Crippen LogP contribution in [0.2, 0.25) is 0 Å². The SMILES string of the molecule is CC(C)(C)COCCOCCN1CC2COCC(C1)C2OC(C)(C)C. The summed E-state index contributed by atoms with van der Waals surface area (Å²) in [6.07, 6.45) is 0.330. The van der Waals surface area contributed by atoms with Crippen molar-refractivity contribution in [1.82, 2.24) is 4.90 Å². The van der Waals surface area contributed by atoms with Crippen LogP contribution in [0.4, 0.5) is 0 Å². The van der Waals surface area contributed by atoms with E-state index >= 15 is 0 Å². The van der Waals surface area contributed by atoms with E-state index in [9.17, 15) is 0 Å². The van der Waals surface area contributed by atoms with Crippen molar-refractivity contribution in [3.63, 3.8) is 0 Å². The molecule has 0 aliphatic carbocycles. The van der Waals surface area contributed by atoms with Gasteiger partial charge in [0.25, 0.3) is 0 Å². The summed E-state index contributed by atoms with van der Waals surface area (Å²) in [5, 5.41) is 0. The molecule has 0 spiro atoms. The van der Waals surface area contributed by atoms with E-state index in [0.29, 0.717) is 31.2 Å². The Morgan fingerprint density at radius 3 is 2.04 bits per heavy atom. The zero-order valence-corrected chi connectivity index (χ0v) is 17.2. The molecule has 2 unspecified atom stereocenters. The number of likely N-dealkylation sites (tertiary alicyclic amines) is 1. The maximum atomic E-state index is 6.34. The number of ether oxygens (including phenoxy) is 4. The van der Waals surface area contributed by atoms with E-state index in [-0.39, 0.29) is 11.0 Å². The first-order valence-electron chi connectivity index (χ1n) is 9.77. The van der Waals surface area contributed by atoms with Crippen LogP contribution in [-0.2, 0) is 18.9 Å². The van der Waals surface area contributed by atoms with Gasteiger partial charge in [-0.3, -0.25) is 0 Å². The van der Waals surface area contributed by atoms with E-state index in [1.54, 1.807) is 0 Å². The molecule has 2 rings (SSSR count). The fraction of sp³-hybridized carbons (Fsp3) is 1.00. The second kappa shape index (κ2) is 9.14. The average Bonchev–Trinajstić information content (AvgIpc) is 2.44. The third-order valence-electron chi connectivity index (χ3n) is 4.53. The zero-order valence-electron chi connectivity index (χ0n) is 17.2. The lowest BCUT2D eigenvalue weighted by atomic mass is 9.84. The Morgan fingerprint density at radius 1 is 0.880 bits per heavy atom. The molecule has 2 bridgehead atoms. The summed E-state index contributed by atoms with van der Waals surface area (Å²) in [6.45, 7) is 20.6. The molecule has 148 valence electrons. The molecule has 0 radical (unpaired) electrons. The smallest absolute Gasteiger partial charge is 0.0707 e. The number of hydrogen-bond donors (Lipinski definition) is 0. The molecule has 5 nitrogen and oxygen atoms in total. The molecule has 25 heavy (non-hydrogen) atoms. The largest absolute Gasteiger partial charge is 0.381 e. The van der Waals surface area contributed by atoms with Gasteiger partial charge in [0.2, 0.25) is 0 Å². The fourth-order valence-electron chi connectivity index (χ4n) is 3.57. The summed E-state index contributed by atoms with van der Waals surface area (Å²) in [5.74, 6) is 0.948. The molecule has 0 aromatic carbocycles. The predicted octanol–water partition coefficient (Wildman–Crippen LogP) is 2.83. The Kier molecular flexibility index (Phi) is 7.71. The summed E-state index contributed by atoms with van der Waals surface area (Å²) in [7, 11) is 0. The van der Waals surface area contributed by atoms with E-state index in [4.69, 9.17) is 18.9 Å². The van der Waals surface area contributed by atoms with Gasteiger partial charge >= 0.3 is 0 Å². The zero-order chi connectivity index (χ0) is 18.5. The van der Waals surface area contributed by atoms with Crippen molar-refractivity contribution in [1.29, 1.82) is 0 Å². The van der Waals surface area contributed by atoms with Gasteiger partial charge in [-0.1, -0.05) is 20.8 Å². The molecule has 0 saturated carbocycles. The highest BCUT2D eigenvalue weighted by Crippen LogP contribution is 2.32. The molecule has 2 heterocycles. The quantitative estimate of drug-likeness (QED) is 0.625. The summed E-state index contributed by atoms with van der Waals surface area (Å²) in [5.41, 5.74) is 0.135. The van der Waals surface area contributed by atoms with Crippen LogP contribution in [0.1, 0.15) is 41.5 Å². The molecule has 2 fully saturated rings. The number of fused-ring (bicyclic) bond motifs is 2. The fourth-order valence-corrected chi connectivity index (χ4v) is 3.57. The minimum absolute atomic E-state index is 0.0865. The minimum Gasteiger partial charge on any atom is -0.381 e. The van der Waals surface area contributed by atoms with Crippen LogP contribution >= 0.6 is 0 Å². The van der Waals surface area contributed by atoms with Gasteiger partial charge in [0.15, 0.2) is 0 Å². The van der Waals surface area contributed by atoms with Crippen LogP contribution < -0.4 is 0 Å². The van der Waals surface area contributed by atoms with Crippen LogP contribution in [0.25, 0.3) is 0 Å². The molecule has 0 aromatic heterocycles. The first-order valence-corrected chi connectivity index (χ1v) is 9.77. The number of hydrogen-bond acceptors (Lipinski definition) is 5. The monoisotopic (exact) mass is 357 g/mol. The highest BCUT2D eigenvalue weighted by atomic mass is 16.5. The standard InChI is InChI=1S/C20H39NO4/c1-19(2,3)15-23-10-9-22-8-7-21-11-16-13-24-14-17(12-21)18(16)25-20(4,5)6/h16-18H,7-15H2,1-6H3. The molecular formula is C20H39NO4. The highest BCUT2D eigenvalue weighted by molar-refractivity contribution is 4.91. The van der Waals surface area contributed by atoms with Crippen molar-refractivity contribution in [3.8, 4) is 0 Å². The summed E-state index contributed by atoms with van der Waals surface area (Å²) in [4.78, 5) is 2.51. The molecule has 2 aliphatic rings. The Labute approximate surface area is 154 Å². The second-order valence-electron chi connectivity index (χ2n) is 9.74. The molecule has 5 heteroatoms. The van der Waals surface area contributed by atoms with Gasteiger partial charge in [0.1, 0.15) is 0 Å². The summed E-state index contributed by atoms with van der Waals surface area (Å²) in [6, 6.07) is 0. The van der Waals surface area contributed by atoms with E-state index in [1.165, 1.54) is 0 Å². The van der Waals surface area contributed by atoms with E-state index in [1.807, 2.05) is 0 Å². The molecule has 0 amide bonds. The van der Waals surface area contributed by atoms with Crippen LogP contribution in [-0.4, -0.2) is 75.9 Å². The molecule has 0 N–H and O–H groups in total. The van der Waals surface area contributed by atoms with Gasteiger partial charge in [0, 0.05) is 31.5 Å². The average molecular weight is 358 g/mol. The lowest BCUT2D eigenvalue weighted by Crippen LogP contribution is -2.58.